The summed E-state index contributed by atoms with van der Waals surface area (Å²) >= 11 is 26.4. The largest absolute Gasteiger partial charge is 0.495 e. The summed E-state index contributed by atoms with van der Waals surface area (Å²) < 4.78 is 3.89. The number of anilines is 1. The maximum Gasteiger partial charge on any atom is 0.271 e. The molecule has 0 fully saturated rings. The number of carbonyl (C=O) groups is 1. The van der Waals surface area contributed by atoms with E-state index in [-0.39, 0.29) is 16.5 Å². The lowest BCUT2D eigenvalue weighted by Gasteiger charge is -2.28. The van der Waals surface area contributed by atoms with E-state index in [2.05, 4.69) is 31.9 Å². The van der Waals surface area contributed by atoms with Gasteiger partial charge in [0.25, 0.3) is 11.6 Å². The Morgan fingerprint density at radius 2 is 1.93 bits per heavy atom. The van der Waals surface area contributed by atoms with Gasteiger partial charge in [-0.15, -0.1) is 0 Å². The van der Waals surface area contributed by atoms with Crippen molar-refractivity contribution in [1.82, 2.24) is 10.6 Å². The minimum Gasteiger partial charge on any atom is -0.495 e. The Labute approximate surface area is 200 Å². The van der Waals surface area contributed by atoms with E-state index in [4.69, 9.17) is 51.8 Å². The summed E-state index contributed by atoms with van der Waals surface area (Å²) in [7, 11) is 1.39. The van der Waals surface area contributed by atoms with E-state index in [0.29, 0.717) is 15.8 Å². The Bertz CT molecular complexity index is 974. The Morgan fingerprint density at radius 1 is 1.23 bits per heavy atom. The molecular formula is C17H14BrCl3N4O4S. The Balaban J connectivity index is 2.17. The molecule has 2 aromatic carbocycles. The van der Waals surface area contributed by atoms with Crippen molar-refractivity contribution in [2.45, 2.75) is 9.96 Å². The summed E-state index contributed by atoms with van der Waals surface area (Å²) in [6.45, 7) is 0. The highest BCUT2D eigenvalue weighted by Crippen LogP contribution is 2.31. The number of halogens is 4. The number of hydrogen-bond acceptors (Lipinski definition) is 5. The molecule has 1 amide bonds. The average Bonchev–Trinajstić information content (AvgIpc) is 2.66. The number of thiocarbonyl (C=S) groups is 1. The summed E-state index contributed by atoms with van der Waals surface area (Å²) in [6, 6.07) is 10.5. The van der Waals surface area contributed by atoms with E-state index in [0.717, 1.165) is 0 Å². The number of methoxy groups -OCH3 is 1. The highest BCUT2D eigenvalue weighted by Gasteiger charge is 2.35. The number of nitro benzene ring substituents is 1. The standard InChI is InChI=1S/C17H14BrCl3N4O4S/c1-29-13-6-5-11(25(27)28)8-12(13)22-16(30)24-15(17(19,20)21)23-14(26)9-3-2-4-10(18)7-9/h2-8,15H,1H3,(H,23,26)(H2,22,24,30). The number of nitrogens with zero attached hydrogens (tertiary/aromatic N) is 1. The molecule has 0 aromatic heterocycles. The van der Waals surface area contributed by atoms with Crippen molar-refractivity contribution in [3.63, 3.8) is 0 Å². The molecule has 160 valence electrons. The van der Waals surface area contributed by atoms with Gasteiger partial charge in [-0.1, -0.05) is 56.8 Å². The van der Waals surface area contributed by atoms with Crippen molar-refractivity contribution < 1.29 is 14.5 Å². The molecule has 0 aliphatic heterocycles. The van der Waals surface area contributed by atoms with Gasteiger partial charge >= 0.3 is 0 Å². The fourth-order valence-corrected chi connectivity index (χ4v) is 3.19. The molecule has 0 bridgehead atoms. The number of nitrogens with one attached hydrogen (secondary N) is 3. The maximum absolute atomic E-state index is 12.5. The number of ether oxygens (including phenoxy) is 1. The SMILES string of the molecule is COc1ccc([N+](=O)[O-])cc1NC(=S)NC(NC(=O)c1cccc(Br)c1)C(Cl)(Cl)Cl. The minimum absolute atomic E-state index is 0.0698. The molecule has 0 saturated heterocycles. The van der Waals surface area contributed by atoms with Crippen LogP contribution in [0.4, 0.5) is 11.4 Å². The number of rotatable bonds is 6. The molecule has 30 heavy (non-hydrogen) atoms. The van der Waals surface area contributed by atoms with Gasteiger partial charge in [0.15, 0.2) is 5.11 Å². The molecular weight excluding hydrogens is 543 g/mol. The van der Waals surface area contributed by atoms with Crippen LogP contribution in [-0.4, -0.2) is 33.0 Å². The average molecular weight is 557 g/mol. The van der Waals surface area contributed by atoms with Crippen LogP contribution in [0.25, 0.3) is 0 Å². The quantitative estimate of drug-likeness (QED) is 0.155. The Kier molecular flexibility index (Phi) is 8.51. The topological polar surface area (TPSA) is 106 Å². The van der Waals surface area contributed by atoms with E-state index in [1.807, 2.05) is 0 Å². The predicted molar refractivity (Wildman–Crippen MR) is 125 cm³/mol. The third-order valence-electron chi connectivity index (χ3n) is 3.61. The van der Waals surface area contributed by atoms with Crippen molar-refractivity contribution >= 4 is 85.3 Å². The van der Waals surface area contributed by atoms with Crippen molar-refractivity contribution in [3.8, 4) is 5.75 Å². The first-order valence-electron chi connectivity index (χ1n) is 8.04. The van der Waals surface area contributed by atoms with Crippen LogP contribution >= 0.6 is 63.0 Å². The lowest BCUT2D eigenvalue weighted by Crippen LogP contribution is -2.56. The molecule has 0 spiro atoms. The van der Waals surface area contributed by atoms with E-state index < -0.39 is 20.8 Å². The summed E-state index contributed by atoms with van der Waals surface area (Å²) in [5, 5.41) is 18.9. The van der Waals surface area contributed by atoms with E-state index in [1.54, 1.807) is 24.3 Å². The molecule has 8 nitrogen and oxygen atoms in total. The van der Waals surface area contributed by atoms with Crippen LogP contribution in [0, 0.1) is 10.1 Å². The van der Waals surface area contributed by atoms with Crippen LogP contribution in [0.3, 0.4) is 0 Å². The van der Waals surface area contributed by atoms with E-state index in [9.17, 15) is 14.9 Å². The maximum atomic E-state index is 12.5. The van der Waals surface area contributed by atoms with Crippen molar-refractivity contribution in [1.29, 1.82) is 0 Å². The monoisotopic (exact) mass is 554 g/mol. The number of carbonyl (C=O) groups excluding carboxylic acids is 1. The van der Waals surface area contributed by atoms with E-state index in [1.165, 1.54) is 25.3 Å². The lowest BCUT2D eigenvalue weighted by molar-refractivity contribution is -0.384. The predicted octanol–water partition coefficient (Wildman–Crippen LogP) is 4.78. The van der Waals surface area contributed by atoms with Gasteiger partial charge in [-0.3, -0.25) is 14.9 Å². The number of benzene rings is 2. The van der Waals surface area contributed by atoms with Gasteiger partial charge in [0, 0.05) is 22.2 Å². The minimum atomic E-state index is -1.97. The smallest absolute Gasteiger partial charge is 0.271 e. The Morgan fingerprint density at radius 3 is 2.50 bits per heavy atom. The highest BCUT2D eigenvalue weighted by atomic mass is 79.9. The third kappa shape index (κ3) is 6.85. The van der Waals surface area contributed by atoms with Gasteiger partial charge in [0.1, 0.15) is 11.9 Å². The zero-order valence-corrected chi connectivity index (χ0v) is 19.8. The van der Waals surface area contributed by atoms with Gasteiger partial charge in [0.2, 0.25) is 3.79 Å². The van der Waals surface area contributed by atoms with Crippen LogP contribution in [0.5, 0.6) is 5.75 Å². The first-order valence-corrected chi connectivity index (χ1v) is 10.4. The number of nitro groups is 1. The van der Waals surface area contributed by atoms with Crippen LogP contribution in [0.2, 0.25) is 0 Å². The number of hydrogen-bond donors (Lipinski definition) is 3. The molecule has 0 saturated carbocycles. The van der Waals surface area contributed by atoms with Gasteiger partial charge < -0.3 is 20.7 Å². The van der Waals surface area contributed by atoms with Crippen molar-refractivity contribution in [3.05, 3.63) is 62.6 Å². The van der Waals surface area contributed by atoms with Gasteiger partial charge in [-0.25, -0.2) is 0 Å². The molecule has 1 unspecified atom stereocenters. The number of non-ortho nitro benzene ring substituents is 1. The van der Waals surface area contributed by atoms with Gasteiger partial charge in [-0.2, -0.15) is 0 Å². The fourth-order valence-electron chi connectivity index (χ4n) is 2.24. The van der Waals surface area contributed by atoms with Crippen LogP contribution < -0.4 is 20.7 Å². The summed E-state index contributed by atoms with van der Waals surface area (Å²) in [4.78, 5) is 23.0. The number of amides is 1. The molecule has 2 aromatic rings. The highest BCUT2D eigenvalue weighted by molar-refractivity contribution is 9.10. The van der Waals surface area contributed by atoms with E-state index >= 15 is 0 Å². The van der Waals surface area contributed by atoms with Crippen LogP contribution in [0.1, 0.15) is 10.4 Å². The summed E-state index contributed by atoms with van der Waals surface area (Å²) in [5.41, 5.74) is 0.359. The first kappa shape index (κ1) is 24.4. The van der Waals surface area contributed by atoms with Gasteiger partial charge in [-0.05, 0) is 36.5 Å². The third-order valence-corrected chi connectivity index (χ3v) is 4.97. The number of alkyl halides is 3. The zero-order chi connectivity index (χ0) is 22.5. The second-order valence-electron chi connectivity index (χ2n) is 5.70. The second kappa shape index (κ2) is 10.5. The Hall–Kier alpha value is -1.85. The first-order chi connectivity index (χ1) is 14.0. The summed E-state index contributed by atoms with van der Waals surface area (Å²) in [5.74, 6) is -0.218. The second-order valence-corrected chi connectivity index (χ2v) is 9.39. The summed E-state index contributed by atoms with van der Waals surface area (Å²) in [6.07, 6.45) is -1.22. The van der Waals surface area contributed by atoms with Crippen molar-refractivity contribution in [2.75, 3.05) is 12.4 Å². The molecule has 0 aliphatic rings. The molecule has 3 N–H and O–H groups in total. The molecule has 13 heteroatoms. The van der Waals surface area contributed by atoms with Crippen LogP contribution in [0.15, 0.2) is 46.9 Å². The van der Waals surface area contributed by atoms with Crippen molar-refractivity contribution in [2.24, 2.45) is 0 Å². The normalized spacial score (nSPS) is 11.9. The molecule has 0 aliphatic carbocycles. The zero-order valence-electron chi connectivity index (χ0n) is 15.1. The molecule has 0 radical (unpaired) electrons. The van der Waals surface area contributed by atoms with Gasteiger partial charge in [0.05, 0.1) is 17.7 Å². The molecule has 2 rings (SSSR count). The fraction of sp³-hybridized carbons (Fsp3) is 0.176. The van der Waals surface area contributed by atoms with Crippen LogP contribution in [-0.2, 0) is 0 Å². The molecule has 0 heterocycles. The lowest BCUT2D eigenvalue weighted by atomic mass is 10.2. The molecule has 1 atom stereocenters.